The van der Waals surface area contributed by atoms with Crippen molar-refractivity contribution >= 4 is 44.4 Å². The number of carbonyl (C=O) groups excluding carboxylic acids is 1. The average Bonchev–Trinajstić information content (AvgIpc) is 3.09. The Morgan fingerprint density at radius 1 is 1.20 bits per heavy atom. The van der Waals surface area contributed by atoms with Gasteiger partial charge in [-0.2, -0.15) is 0 Å². The summed E-state index contributed by atoms with van der Waals surface area (Å²) in [6.45, 7) is 0. The molecule has 2 aromatic carbocycles. The number of nitrogens with zero attached hydrogens (tertiary/aromatic N) is 1. The van der Waals surface area contributed by atoms with E-state index >= 15 is 0 Å². The summed E-state index contributed by atoms with van der Waals surface area (Å²) in [7, 11) is 1.60. The van der Waals surface area contributed by atoms with Crippen molar-refractivity contribution in [2.45, 2.75) is 0 Å². The minimum Gasteiger partial charge on any atom is -0.496 e. The van der Waals surface area contributed by atoms with Crippen molar-refractivity contribution in [1.29, 1.82) is 0 Å². The molecule has 0 atom stereocenters. The summed E-state index contributed by atoms with van der Waals surface area (Å²) in [5, 5.41) is 5.26. The Labute approximate surface area is 158 Å². The first-order valence-electron chi connectivity index (χ1n) is 7.49. The highest BCUT2D eigenvalue weighted by Gasteiger charge is 2.07. The molecule has 6 heteroatoms. The van der Waals surface area contributed by atoms with E-state index in [1.54, 1.807) is 13.2 Å². The number of amides is 1. The zero-order valence-corrected chi connectivity index (χ0v) is 15.8. The SMILES string of the molecule is COc1ccccc1/C=C/C(=O)Nc1nc(-c2ccc(Br)cc2)cs1. The molecule has 4 nitrogen and oxygen atoms in total. The van der Waals surface area contributed by atoms with Crippen LogP contribution in [-0.2, 0) is 4.79 Å². The Bertz CT molecular complexity index is 904. The van der Waals surface area contributed by atoms with E-state index < -0.39 is 0 Å². The van der Waals surface area contributed by atoms with Crippen LogP contribution in [0.2, 0.25) is 0 Å². The smallest absolute Gasteiger partial charge is 0.250 e. The summed E-state index contributed by atoms with van der Waals surface area (Å²) in [5.74, 6) is 0.487. The molecule has 0 aliphatic heterocycles. The Balaban J connectivity index is 1.67. The summed E-state index contributed by atoms with van der Waals surface area (Å²) in [5.41, 5.74) is 2.68. The number of hydrogen-bond acceptors (Lipinski definition) is 4. The van der Waals surface area contributed by atoms with Gasteiger partial charge in [-0.25, -0.2) is 4.98 Å². The molecule has 1 amide bonds. The molecule has 126 valence electrons. The maximum absolute atomic E-state index is 12.1. The summed E-state index contributed by atoms with van der Waals surface area (Å²) in [4.78, 5) is 16.5. The van der Waals surface area contributed by atoms with Gasteiger partial charge in [0.05, 0.1) is 12.8 Å². The van der Waals surface area contributed by atoms with Crippen LogP contribution in [0.4, 0.5) is 5.13 Å². The molecule has 0 radical (unpaired) electrons. The number of hydrogen-bond donors (Lipinski definition) is 1. The number of methoxy groups -OCH3 is 1. The normalized spacial score (nSPS) is 10.8. The fourth-order valence-electron chi connectivity index (χ4n) is 2.20. The lowest BCUT2D eigenvalue weighted by molar-refractivity contribution is -0.111. The molecule has 25 heavy (non-hydrogen) atoms. The lowest BCUT2D eigenvalue weighted by Gasteiger charge is -2.03. The molecule has 1 heterocycles. The largest absolute Gasteiger partial charge is 0.496 e. The van der Waals surface area contributed by atoms with Gasteiger partial charge in [-0.1, -0.05) is 46.3 Å². The quantitative estimate of drug-likeness (QED) is 0.581. The number of aromatic nitrogens is 1. The van der Waals surface area contributed by atoms with Gasteiger partial charge in [-0.05, 0) is 24.3 Å². The Kier molecular flexibility index (Phi) is 5.63. The minimum absolute atomic E-state index is 0.234. The van der Waals surface area contributed by atoms with E-state index in [4.69, 9.17) is 4.74 Å². The highest BCUT2D eigenvalue weighted by molar-refractivity contribution is 9.10. The maximum Gasteiger partial charge on any atom is 0.250 e. The molecule has 1 N–H and O–H groups in total. The second-order valence-electron chi connectivity index (χ2n) is 5.11. The molecule has 0 fully saturated rings. The third-order valence-corrected chi connectivity index (χ3v) is 4.71. The van der Waals surface area contributed by atoms with Gasteiger partial charge in [0.2, 0.25) is 5.91 Å². The van der Waals surface area contributed by atoms with Crippen LogP contribution in [0.5, 0.6) is 5.75 Å². The van der Waals surface area contributed by atoms with E-state index in [-0.39, 0.29) is 5.91 Å². The highest BCUT2D eigenvalue weighted by atomic mass is 79.9. The number of nitrogens with one attached hydrogen (secondary N) is 1. The van der Waals surface area contributed by atoms with Gasteiger partial charge in [0.25, 0.3) is 0 Å². The van der Waals surface area contributed by atoms with Crippen LogP contribution in [0, 0.1) is 0 Å². The molecule has 0 aliphatic carbocycles. The number of halogens is 1. The molecular weight excluding hydrogens is 400 g/mol. The van der Waals surface area contributed by atoms with Crippen LogP contribution in [0.15, 0.2) is 64.5 Å². The Morgan fingerprint density at radius 2 is 1.96 bits per heavy atom. The standard InChI is InChI=1S/C19H15BrN2O2S/c1-24-17-5-3-2-4-14(17)8-11-18(23)22-19-21-16(12-25-19)13-6-9-15(20)10-7-13/h2-12H,1H3,(H,21,22,23)/b11-8+. The number of ether oxygens (including phenoxy) is 1. The summed E-state index contributed by atoms with van der Waals surface area (Å²) in [6, 6.07) is 15.4. The third-order valence-electron chi connectivity index (χ3n) is 3.43. The fraction of sp³-hybridized carbons (Fsp3) is 0.0526. The predicted octanol–water partition coefficient (Wildman–Crippen LogP) is 5.23. The molecule has 0 unspecified atom stereocenters. The number of para-hydroxylation sites is 1. The molecule has 0 spiro atoms. The van der Waals surface area contributed by atoms with Crippen molar-refractivity contribution in [1.82, 2.24) is 4.98 Å². The predicted molar refractivity (Wildman–Crippen MR) is 106 cm³/mol. The molecule has 1 aromatic heterocycles. The molecule has 3 aromatic rings. The van der Waals surface area contributed by atoms with Gasteiger partial charge >= 0.3 is 0 Å². The molecule has 0 bridgehead atoms. The summed E-state index contributed by atoms with van der Waals surface area (Å²) in [6.07, 6.45) is 3.19. The molecule has 0 saturated carbocycles. The number of benzene rings is 2. The first kappa shape index (κ1) is 17.4. The Hall–Kier alpha value is -2.44. The van der Waals surface area contributed by atoms with Crippen LogP contribution in [-0.4, -0.2) is 18.0 Å². The molecule has 0 saturated heterocycles. The Morgan fingerprint density at radius 3 is 2.72 bits per heavy atom. The van der Waals surface area contributed by atoms with Crippen LogP contribution < -0.4 is 10.1 Å². The van der Waals surface area contributed by atoms with Crippen molar-refractivity contribution in [3.63, 3.8) is 0 Å². The van der Waals surface area contributed by atoms with Gasteiger partial charge in [0.1, 0.15) is 5.75 Å². The van der Waals surface area contributed by atoms with E-state index in [9.17, 15) is 4.79 Å². The van der Waals surface area contributed by atoms with E-state index in [1.807, 2.05) is 53.9 Å². The fourth-order valence-corrected chi connectivity index (χ4v) is 3.19. The number of carbonyl (C=O) groups is 1. The van der Waals surface area contributed by atoms with Crippen molar-refractivity contribution in [2.75, 3.05) is 12.4 Å². The van der Waals surface area contributed by atoms with Crippen molar-refractivity contribution in [3.05, 3.63) is 70.0 Å². The number of thiazole rings is 1. The van der Waals surface area contributed by atoms with Gasteiger partial charge in [0.15, 0.2) is 5.13 Å². The van der Waals surface area contributed by atoms with Gasteiger partial charge in [-0.15, -0.1) is 11.3 Å². The molecule has 0 aliphatic rings. The zero-order chi connectivity index (χ0) is 17.6. The topological polar surface area (TPSA) is 51.2 Å². The molecule has 3 rings (SSSR count). The van der Waals surface area contributed by atoms with Crippen molar-refractivity contribution in [3.8, 4) is 17.0 Å². The third kappa shape index (κ3) is 4.55. The number of rotatable bonds is 5. The lowest BCUT2D eigenvalue weighted by atomic mass is 10.2. The van der Waals surface area contributed by atoms with E-state index in [0.29, 0.717) is 5.13 Å². The molecular formula is C19H15BrN2O2S. The second kappa shape index (κ2) is 8.09. The zero-order valence-electron chi connectivity index (χ0n) is 13.4. The number of anilines is 1. The first-order valence-corrected chi connectivity index (χ1v) is 9.16. The van der Waals surface area contributed by atoms with E-state index in [0.717, 1.165) is 27.0 Å². The highest BCUT2D eigenvalue weighted by Crippen LogP contribution is 2.26. The van der Waals surface area contributed by atoms with E-state index in [1.165, 1.54) is 17.4 Å². The lowest BCUT2D eigenvalue weighted by Crippen LogP contribution is -2.07. The van der Waals surface area contributed by atoms with Crippen LogP contribution >= 0.6 is 27.3 Å². The first-order chi connectivity index (χ1) is 12.2. The minimum atomic E-state index is -0.234. The van der Waals surface area contributed by atoms with Crippen molar-refractivity contribution in [2.24, 2.45) is 0 Å². The van der Waals surface area contributed by atoms with Gasteiger partial charge in [0, 0.05) is 27.1 Å². The van der Waals surface area contributed by atoms with Crippen LogP contribution in [0.1, 0.15) is 5.56 Å². The maximum atomic E-state index is 12.1. The van der Waals surface area contributed by atoms with Crippen LogP contribution in [0.25, 0.3) is 17.3 Å². The monoisotopic (exact) mass is 414 g/mol. The van der Waals surface area contributed by atoms with Gasteiger partial charge < -0.3 is 4.74 Å². The van der Waals surface area contributed by atoms with Crippen LogP contribution in [0.3, 0.4) is 0 Å². The van der Waals surface area contributed by atoms with E-state index in [2.05, 4.69) is 26.2 Å². The second-order valence-corrected chi connectivity index (χ2v) is 6.88. The average molecular weight is 415 g/mol. The van der Waals surface area contributed by atoms with Gasteiger partial charge in [-0.3, -0.25) is 10.1 Å². The summed E-state index contributed by atoms with van der Waals surface area (Å²) >= 11 is 4.80. The van der Waals surface area contributed by atoms with Crippen molar-refractivity contribution < 1.29 is 9.53 Å². The summed E-state index contributed by atoms with van der Waals surface area (Å²) < 4.78 is 6.28.